The van der Waals surface area contributed by atoms with Gasteiger partial charge < -0.3 is 5.32 Å². The fourth-order valence-corrected chi connectivity index (χ4v) is 2.34. The van der Waals surface area contributed by atoms with Gasteiger partial charge in [-0.3, -0.25) is 19.3 Å². The third kappa shape index (κ3) is 3.03. The monoisotopic (exact) mass is 310 g/mol. The molecule has 0 spiro atoms. The van der Waals surface area contributed by atoms with Gasteiger partial charge in [0.15, 0.2) is 0 Å². The molecule has 23 heavy (non-hydrogen) atoms. The van der Waals surface area contributed by atoms with Gasteiger partial charge in [0.05, 0.1) is 4.92 Å². The second kappa shape index (κ2) is 6.27. The molecule has 0 unspecified atom stereocenters. The average Bonchev–Trinajstić information content (AvgIpc) is 2.55. The Kier molecular flexibility index (Phi) is 4.01. The van der Waals surface area contributed by atoms with E-state index in [0.717, 1.165) is 5.56 Å². The highest BCUT2D eigenvalue weighted by Crippen LogP contribution is 2.18. The quantitative estimate of drug-likeness (QED) is 0.576. The first-order chi connectivity index (χ1) is 11.2. The molecule has 0 aliphatic heterocycles. The van der Waals surface area contributed by atoms with Crippen LogP contribution in [0.5, 0.6) is 0 Å². The fraction of sp³-hybridized carbons (Fsp3) is 0.125. The van der Waals surface area contributed by atoms with Crippen molar-refractivity contribution in [3.63, 3.8) is 0 Å². The molecular weight excluding hydrogens is 296 g/mol. The number of nitrogens with one attached hydrogen (secondary N) is 1. The third-order valence-electron chi connectivity index (χ3n) is 3.44. The number of aromatic nitrogens is 2. The zero-order chi connectivity index (χ0) is 16.2. The molecule has 0 fully saturated rings. The molecule has 2 heterocycles. The predicted octanol–water partition coefficient (Wildman–Crippen LogP) is 2.26. The molecule has 0 bridgehead atoms. The van der Waals surface area contributed by atoms with Gasteiger partial charge in [0.2, 0.25) is 5.82 Å². The molecule has 116 valence electrons. The summed E-state index contributed by atoms with van der Waals surface area (Å²) in [7, 11) is 0. The van der Waals surface area contributed by atoms with Gasteiger partial charge in [-0.2, -0.15) is 0 Å². The maximum atomic E-state index is 12.3. The minimum Gasteiger partial charge on any atom is -0.364 e. The van der Waals surface area contributed by atoms with Crippen molar-refractivity contribution in [2.75, 3.05) is 11.9 Å². The lowest BCUT2D eigenvalue weighted by Gasteiger charge is -2.08. The number of nitro groups is 1. The van der Waals surface area contributed by atoms with Crippen molar-refractivity contribution in [2.24, 2.45) is 0 Å². The summed E-state index contributed by atoms with van der Waals surface area (Å²) in [6, 6.07) is 14.7. The van der Waals surface area contributed by atoms with Gasteiger partial charge in [0.1, 0.15) is 5.65 Å². The number of anilines is 1. The van der Waals surface area contributed by atoms with Crippen LogP contribution in [0.15, 0.2) is 59.5 Å². The molecular formula is C16H14N4O3. The van der Waals surface area contributed by atoms with Crippen LogP contribution in [0.4, 0.5) is 11.5 Å². The Balaban J connectivity index is 1.91. The number of pyridine rings is 1. The van der Waals surface area contributed by atoms with Crippen LogP contribution in [-0.4, -0.2) is 20.9 Å². The van der Waals surface area contributed by atoms with Crippen LogP contribution < -0.4 is 10.9 Å². The summed E-state index contributed by atoms with van der Waals surface area (Å²) in [5, 5.41) is 14.1. The normalized spacial score (nSPS) is 10.6. The molecule has 3 aromatic rings. The number of hydrogen-bond acceptors (Lipinski definition) is 5. The summed E-state index contributed by atoms with van der Waals surface area (Å²) in [5.41, 5.74) is 0.232. The summed E-state index contributed by atoms with van der Waals surface area (Å²) in [6.45, 7) is 0.445. The summed E-state index contributed by atoms with van der Waals surface area (Å²) in [5.74, 6) is 0.00197. The minimum atomic E-state index is -0.695. The second-order valence-electron chi connectivity index (χ2n) is 4.96. The van der Waals surface area contributed by atoms with Gasteiger partial charge in [-0.05, 0) is 24.1 Å². The topological polar surface area (TPSA) is 89.5 Å². The molecule has 0 radical (unpaired) electrons. The molecule has 0 amide bonds. The fourth-order valence-electron chi connectivity index (χ4n) is 2.34. The van der Waals surface area contributed by atoms with E-state index in [9.17, 15) is 14.9 Å². The van der Waals surface area contributed by atoms with Crippen molar-refractivity contribution in [2.45, 2.75) is 6.42 Å². The van der Waals surface area contributed by atoms with Crippen molar-refractivity contribution >= 4 is 17.2 Å². The van der Waals surface area contributed by atoms with Crippen LogP contribution >= 0.6 is 0 Å². The van der Waals surface area contributed by atoms with Crippen LogP contribution in [-0.2, 0) is 6.42 Å². The smallest absolute Gasteiger partial charge is 0.364 e. The SMILES string of the molecule is O=c1c([N+](=O)[O-])c(NCCc2ccccc2)nc2ccccn12. The molecule has 0 atom stereocenters. The van der Waals surface area contributed by atoms with E-state index >= 15 is 0 Å². The number of fused-ring (bicyclic) bond motifs is 1. The minimum absolute atomic E-state index is 0.00197. The highest BCUT2D eigenvalue weighted by molar-refractivity contribution is 5.59. The zero-order valence-electron chi connectivity index (χ0n) is 12.2. The Labute approximate surface area is 131 Å². The molecule has 1 N–H and O–H groups in total. The average molecular weight is 310 g/mol. The Bertz CT molecular complexity index is 906. The number of nitrogens with zero attached hydrogens (tertiary/aromatic N) is 3. The summed E-state index contributed by atoms with van der Waals surface area (Å²) >= 11 is 0. The van der Waals surface area contributed by atoms with E-state index in [1.54, 1.807) is 18.2 Å². The Morgan fingerprint density at radius 2 is 1.87 bits per heavy atom. The second-order valence-corrected chi connectivity index (χ2v) is 4.96. The van der Waals surface area contributed by atoms with Crippen LogP contribution in [0, 0.1) is 10.1 Å². The highest BCUT2D eigenvalue weighted by atomic mass is 16.6. The van der Waals surface area contributed by atoms with E-state index in [-0.39, 0.29) is 5.82 Å². The summed E-state index contributed by atoms with van der Waals surface area (Å²) in [6.07, 6.45) is 2.14. The van der Waals surface area contributed by atoms with E-state index in [0.29, 0.717) is 18.6 Å². The first-order valence-electron chi connectivity index (χ1n) is 7.10. The zero-order valence-corrected chi connectivity index (χ0v) is 12.2. The van der Waals surface area contributed by atoms with Gasteiger partial charge in [-0.25, -0.2) is 4.98 Å². The van der Waals surface area contributed by atoms with Crippen LogP contribution in [0.2, 0.25) is 0 Å². The molecule has 2 aromatic heterocycles. The molecule has 0 aliphatic carbocycles. The van der Waals surface area contributed by atoms with E-state index in [2.05, 4.69) is 10.3 Å². The molecule has 7 nitrogen and oxygen atoms in total. The number of benzene rings is 1. The Morgan fingerprint density at radius 3 is 2.61 bits per heavy atom. The van der Waals surface area contributed by atoms with Gasteiger partial charge in [-0.15, -0.1) is 0 Å². The molecule has 7 heteroatoms. The Morgan fingerprint density at radius 1 is 1.13 bits per heavy atom. The van der Waals surface area contributed by atoms with E-state index < -0.39 is 16.2 Å². The first kappa shape index (κ1) is 14.7. The highest BCUT2D eigenvalue weighted by Gasteiger charge is 2.22. The van der Waals surface area contributed by atoms with Crippen molar-refractivity contribution in [3.8, 4) is 0 Å². The molecule has 0 saturated heterocycles. The molecule has 0 aliphatic rings. The summed E-state index contributed by atoms with van der Waals surface area (Å²) in [4.78, 5) is 27.0. The van der Waals surface area contributed by atoms with Crippen LogP contribution in [0.3, 0.4) is 0 Å². The molecule has 3 rings (SSSR count). The number of rotatable bonds is 5. The largest absolute Gasteiger partial charge is 0.376 e. The van der Waals surface area contributed by atoms with Gasteiger partial charge in [0, 0.05) is 12.7 Å². The van der Waals surface area contributed by atoms with Gasteiger partial charge in [0.25, 0.3) is 0 Å². The lowest BCUT2D eigenvalue weighted by atomic mass is 10.1. The first-order valence-corrected chi connectivity index (χ1v) is 7.10. The number of hydrogen-bond donors (Lipinski definition) is 1. The third-order valence-corrected chi connectivity index (χ3v) is 3.44. The van der Waals surface area contributed by atoms with Crippen molar-refractivity contribution in [1.82, 2.24) is 9.38 Å². The van der Waals surface area contributed by atoms with Gasteiger partial charge in [-0.1, -0.05) is 36.4 Å². The van der Waals surface area contributed by atoms with E-state index in [1.165, 1.54) is 10.6 Å². The van der Waals surface area contributed by atoms with E-state index in [1.807, 2.05) is 30.3 Å². The van der Waals surface area contributed by atoms with E-state index in [4.69, 9.17) is 0 Å². The maximum absolute atomic E-state index is 12.3. The van der Waals surface area contributed by atoms with Crippen molar-refractivity contribution in [1.29, 1.82) is 0 Å². The van der Waals surface area contributed by atoms with Crippen LogP contribution in [0.25, 0.3) is 5.65 Å². The van der Waals surface area contributed by atoms with Crippen molar-refractivity contribution in [3.05, 3.63) is 80.8 Å². The Hall–Kier alpha value is -3.22. The standard InChI is InChI=1S/C16H14N4O3/c21-16-14(20(22)23)15(18-13-8-4-5-11-19(13)16)17-10-9-12-6-2-1-3-7-12/h1-8,11,17H,9-10H2. The lowest BCUT2D eigenvalue weighted by molar-refractivity contribution is -0.385. The van der Waals surface area contributed by atoms with Crippen LogP contribution in [0.1, 0.15) is 5.56 Å². The van der Waals surface area contributed by atoms with Gasteiger partial charge >= 0.3 is 11.2 Å². The summed E-state index contributed by atoms with van der Waals surface area (Å²) < 4.78 is 1.17. The molecule has 1 aromatic carbocycles. The molecule has 0 saturated carbocycles. The maximum Gasteiger partial charge on any atom is 0.376 e. The lowest BCUT2D eigenvalue weighted by Crippen LogP contribution is -2.21. The van der Waals surface area contributed by atoms with Crippen molar-refractivity contribution < 1.29 is 4.92 Å². The predicted molar refractivity (Wildman–Crippen MR) is 86.8 cm³/mol.